The minimum absolute atomic E-state index is 0.0328. The minimum atomic E-state index is -0.543. The number of carbonyl (C=O) groups excluding carboxylic acids is 2. The maximum Gasteiger partial charge on any atom is 0.278 e. The summed E-state index contributed by atoms with van der Waals surface area (Å²) in [5.41, 5.74) is 1.70. The van der Waals surface area contributed by atoms with E-state index in [2.05, 4.69) is 5.32 Å². The van der Waals surface area contributed by atoms with Gasteiger partial charge >= 0.3 is 0 Å². The van der Waals surface area contributed by atoms with E-state index in [1.54, 1.807) is 18.2 Å². The molecule has 0 fully saturated rings. The van der Waals surface area contributed by atoms with Gasteiger partial charge in [-0.15, -0.1) is 0 Å². The van der Waals surface area contributed by atoms with Crippen molar-refractivity contribution in [2.24, 2.45) is 0 Å². The highest BCUT2D eigenvalue weighted by Gasteiger charge is 2.39. The van der Waals surface area contributed by atoms with E-state index in [1.807, 2.05) is 0 Å². The molecule has 0 aliphatic carbocycles. The first-order valence-electron chi connectivity index (χ1n) is 10.3. The lowest BCUT2D eigenvalue weighted by atomic mass is 10.0. The van der Waals surface area contributed by atoms with Crippen molar-refractivity contribution in [3.63, 3.8) is 0 Å². The number of benzene rings is 3. The molecule has 0 saturated carbocycles. The van der Waals surface area contributed by atoms with Gasteiger partial charge in [-0.2, -0.15) is 0 Å². The van der Waals surface area contributed by atoms with E-state index in [0.29, 0.717) is 41.5 Å². The maximum atomic E-state index is 13.5. The number of carbonyl (C=O) groups is 2. The molecule has 2 aliphatic heterocycles. The molecule has 0 unspecified atom stereocenters. The second-order valence-corrected chi connectivity index (χ2v) is 7.56. The van der Waals surface area contributed by atoms with Gasteiger partial charge < -0.3 is 14.8 Å². The molecule has 1 N–H and O–H groups in total. The number of fused-ring (bicyclic) bond motifs is 1. The molecular formula is C25H18F2N2O4. The normalized spacial score (nSPS) is 15.3. The fourth-order valence-corrected chi connectivity index (χ4v) is 3.76. The molecular weight excluding hydrogens is 430 g/mol. The van der Waals surface area contributed by atoms with Crippen LogP contribution in [0.2, 0.25) is 0 Å². The molecule has 0 radical (unpaired) electrons. The molecule has 2 amide bonds. The highest BCUT2D eigenvalue weighted by Crippen LogP contribution is 2.36. The first kappa shape index (κ1) is 20.7. The zero-order valence-electron chi connectivity index (χ0n) is 17.3. The number of hydrogen-bond acceptors (Lipinski definition) is 5. The standard InChI is InChI=1S/C25H18F2N2O4/c26-17-5-1-15(2-6-17)14-29-24(30)22(16-3-7-18(27)8-4-16)23(25(29)31)28-19-9-10-20-21(13-19)33-12-11-32-20/h1-10,13,28H,11-12,14H2. The first-order chi connectivity index (χ1) is 16.0. The largest absolute Gasteiger partial charge is 0.486 e. The summed E-state index contributed by atoms with van der Waals surface area (Å²) in [6.45, 7) is 0.822. The van der Waals surface area contributed by atoms with Crippen LogP contribution in [0.25, 0.3) is 5.57 Å². The van der Waals surface area contributed by atoms with Crippen molar-refractivity contribution in [2.75, 3.05) is 18.5 Å². The van der Waals surface area contributed by atoms with Crippen molar-refractivity contribution in [3.8, 4) is 11.5 Å². The maximum absolute atomic E-state index is 13.5. The Bertz CT molecular complexity index is 1270. The molecule has 0 bridgehead atoms. The number of amides is 2. The van der Waals surface area contributed by atoms with Crippen molar-refractivity contribution in [1.82, 2.24) is 4.90 Å². The number of ether oxygens (including phenoxy) is 2. The fourth-order valence-electron chi connectivity index (χ4n) is 3.76. The van der Waals surface area contributed by atoms with Crippen LogP contribution in [0.15, 0.2) is 72.4 Å². The molecule has 6 nitrogen and oxygen atoms in total. The number of hydrogen-bond donors (Lipinski definition) is 1. The highest BCUT2D eigenvalue weighted by molar-refractivity contribution is 6.36. The van der Waals surface area contributed by atoms with Crippen molar-refractivity contribution in [1.29, 1.82) is 0 Å². The lowest BCUT2D eigenvalue weighted by molar-refractivity contribution is -0.137. The van der Waals surface area contributed by atoms with Crippen LogP contribution in [-0.4, -0.2) is 29.9 Å². The van der Waals surface area contributed by atoms with E-state index in [4.69, 9.17) is 9.47 Å². The molecule has 3 aromatic rings. The molecule has 0 atom stereocenters. The third-order valence-corrected chi connectivity index (χ3v) is 5.37. The van der Waals surface area contributed by atoms with Crippen LogP contribution in [0.4, 0.5) is 14.5 Å². The van der Waals surface area contributed by atoms with Crippen molar-refractivity contribution in [3.05, 3.63) is 95.2 Å². The van der Waals surface area contributed by atoms with Crippen LogP contribution in [0.3, 0.4) is 0 Å². The fraction of sp³-hybridized carbons (Fsp3) is 0.120. The Morgan fingerprint density at radius 1 is 0.788 bits per heavy atom. The van der Waals surface area contributed by atoms with Crippen molar-refractivity contribution >= 4 is 23.1 Å². The molecule has 0 aromatic heterocycles. The van der Waals surface area contributed by atoms with Gasteiger partial charge in [0.2, 0.25) is 0 Å². The molecule has 2 aliphatic rings. The second-order valence-electron chi connectivity index (χ2n) is 7.56. The lowest BCUT2D eigenvalue weighted by Crippen LogP contribution is -2.32. The molecule has 5 rings (SSSR count). The second kappa shape index (κ2) is 8.38. The number of nitrogens with zero attached hydrogens (tertiary/aromatic N) is 1. The number of halogens is 2. The third-order valence-electron chi connectivity index (χ3n) is 5.37. The summed E-state index contributed by atoms with van der Waals surface area (Å²) in [5.74, 6) is -0.833. The van der Waals surface area contributed by atoms with E-state index in [9.17, 15) is 18.4 Å². The Kier molecular flexibility index (Phi) is 5.26. The molecule has 33 heavy (non-hydrogen) atoms. The third kappa shape index (κ3) is 4.03. The van der Waals surface area contributed by atoms with Crippen molar-refractivity contribution < 1.29 is 27.8 Å². The summed E-state index contributed by atoms with van der Waals surface area (Å²) in [4.78, 5) is 27.7. The Labute approximate surface area is 188 Å². The summed E-state index contributed by atoms with van der Waals surface area (Å²) < 4.78 is 37.9. The zero-order chi connectivity index (χ0) is 22.9. The van der Waals surface area contributed by atoms with Gasteiger partial charge in [0, 0.05) is 11.8 Å². The van der Waals surface area contributed by atoms with Gasteiger partial charge in [0.05, 0.1) is 12.1 Å². The average Bonchev–Trinajstić information content (AvgIpc) is 3.05. The number of nitrogens with one attached hydrogen (secondary N) is 1. The van der Waals surface area contributed by atoms with Gasteiger partial charge in [0.25, 0.3) is 11.8 Å². The molecule has 0 saturated heterocycles. The van der Waals surface area contributed by atoms with Crippen LogP contribution in [0.1, 0.15) is 11.1 Å². The topological polar surface area (TPSA) is 67.9 Å². The van der Waals surface area contributed by atoms with E-state index in [-0.39, 0.29) is 17.8 Å². The highest BCUT2D eigenvalue weighted by atomic mass is 19.1. The molecule has 3 aromatic carbocycles. The van der Waals surface area contributed by atoms with E-state index in [0.717, 1.165) is 4.90 Å². The van der Waals surface area contributed by atoms with E-state index in [1.165, 1.54) is 48.5 Å². The Hall–Kier alpha value is -4.20. The lowest BCUT2D eigenvalue weighted by Gasteiger charge is -2.19. The SMILES string of the molecule is O=C1C(Nc2ccc3c(c2)OCCO3)=C(c2ccc(F)cc2)C(=O)N1Cc1ccc(F)cc1. The smallest absolute Gasteiger partial charge is 0.278 e. The summed E-state index contributed by atoms with van der Waals surface area (Å²) >= 11 is 0. The quantitative estimate of drug-likeness (QED) is 0.595. The average molecular weight is 448 g/mol. The monoisotopic (exact) mass is 448 g/mol. The van der Waals surface area contributed by atoms with Gasteiger partial charge in [-0.25, -0.2) is 8.78 Å². The van der Waals surface area contributed by atoms with Gasteiger partial charge in [-0.3, -0.25) is 14.5 Å². The zero-order valence-corrected chi connectivity index (χ0v) is 17.3. The summed E-state index contributed by atoms with van der Waals surface area (Å²) in [6, 6.07) is 16.0. The first-order valence-corrected chi connectivity index (χ1v) is 10.3. The molecule has 2 heterocycles. The number of imide groups is 1. The van der Waals surface area contributed by atoms with Gasteiger partial charge in [-0.05, 0) is 47.5 Å². The van der Waals surface area contributed by atoms with Gasteiger partial charge in [0.1, 0.15) is 30.5 Å². The summed E-state index contributed by atoms with van der Waals surface area (Å²) in [7, 11) is 0. The molecule has 0 spiro atoms. The Morgan fingerprint density at radius 3 is 2.12 bits per heavy atom. The summed E-state index contributed by atoms with van der Waals surface area (Å²) in [6.07, 6.45) is 0. The predicted octanol–water partition coefficient (Wildman–Crippen LogP) is 4.13. The molecule has 166 valence electrons. The predicted molar refractivity (Wildman–Crippen MR) is 116 cm³/mol. The van der Waals surface area contributed by atoms with Crippen LogP contribution in [0, 0.1) is 11.6 Å². The Balaban J connectivity index is 1.51. The van der Waals surface area contributed by atoms with Crippen LogP contribution >= 0.6 is 0 Å². The van der Waals surface area contributed by atoms with E-state index < -0.39 is 23.4 Å². The number of rotatable bonds is 5. The minimum Gasteiger partial charge on any atom is -0.486 e. The van der Waals surface area contributed by atoms with E-state index >= 15 is 0 Å². The molecule has 8 heteroatoms. The number of anilines is 1. The summed E-state index contributed by atoms with van der Waals surface area (Å²) in [5, 5.41) is 3.04. The van der Waals surface area contributed by atoms with Crippen LogP contribution in [0.5, 0.6) is 11.5 Å². The van der Waals surface area contributed by atoms with Gasteiger partial charge in [-0.1, -0.05) is 24.3 Å². The van der Waals surface area contributed by atoms with Crippen molar-refractivity contribution in [2.45, 2.75) is 6.54 Å². The Morgan fingerprint density at radius 2 is 1.42 bits per heavy atom. The van der Waals surface area contributed by atoms with Crippen LogP contribution < -0.4 is 14.8 Å². The van der Waals surface area contributed by atoms with Crippen LogP contribution in [-0.2, 0) is 16.1 Å². The van der Waals surface area contributed by atoms with Gasteiger partial charge in [0.15, 0.2) is 11.5 Å².